The molecule has 1 saturated heterocycles. The van der Waals surface area contributed by atoms with Crippen molar-refractivity contribution in [3.63, 3.8) is 0 Å². The van der Waals surface area contributed by atoms with Crippen LogP contribution in [0, 0.1) is 5.41 Å². The summed E-state index contributed by atoms with van der Waals surface area (Å²) >= 11 is 0. The average Bonchev–Trinajstić information content (AvgIpc) is 2.53. The van der Waals surface area contributed by atoms with Crippen LogP contribution in [0.15, 0.2) is 0 Å². The summed E-state index contributed by atoms with van der Waals surface area (Å²) in [7, 11) is -1.18. The van der Waals surface area contributed by atoms with E-state index in [4.69, 9.17) is 10.5 Å². The molecule has 1 heterocycles. The average molecular weight is 249 g/mol. The predicted octanol–water partition coefficient (Wildman–Crippen LogP) is 0.955. The monoisotopic (exact) mass is 249 g/mol. The second-order valence-electron chi connectivity index (χ2n) is 5.51. The molecule has 1 aliphatic rings. The Kier molecular flexibility index (Phi) is 4.03. The molecule has 1 rings (SSSR count). The van der Waals surface area contributed by atoms with Gasteiger partial charge in [0, 0.05) is 7.11 Å². The van der Waals surface area contributed by atoms with E-state index in [1.807, 2.05) is 13.8 Å². The third-order valence-corrected chi connectivity index (χ3v) is 5.59. The van der Waals surface area contributed by atoms with Gasteiger partial charge < -0.3 is 10.5 Å². The number of methoxy groups -OCH3 is 1. The summed E-state index contributed by atoms with van der Waals surface area (Å²) in [6.45, 7) is 4.48. The van der Waals surface area contributed by atoms with Gasteiger partial charge in [-0.25, -0.2) is 8.42 Å². The zero-order valence-electron chi connectivity index (χ0n) is 10.5. The normalized spacial score (nSPS) is 29.5. The van der Waals surface area contributed by atoms with Gasteiger partial charge in [0.15, 0.2) is 9.84 Å². The molecule has 16 heavy (non-hydrogen) atoms. The van der Waals surface area contributed by atoms with E-state index in [0.29, 0.717) is 13.0 Å². The summed E-state index contributed by atoms with van der Waals surface area (Å²) in [5, 5.41) is 0. The van der Waals surface area contributed by atoms with Crippen molar-refractivity contribution in [3.05, 3.63) is 0 Å². The number of hydrogen-bond donors (Lipinski definition) is 1. The van der Waals surface area contributed by atoms with Gasteiger partial charge in [-0.1, -0.05) is 0 Å². The van der Waals surface area contributed by atoms with Crippen molar-refractivity contribution in [2.75, 3.05) is 25.2 Å². The van der Waals surface area contributed by atoms with Crippen molar-refractivity contribution in [3.8, 4) is 0 Å². The van der Waals surface area contributed by atoms with Gasteiger partial charge in [-0.15, -0.1) is 0 Å². The number of rotatable bonds is 5. The zero-order chi connectivity index (χ0) is 12.4. The maximum absolute atomic E-state index is 11.5. The summed E-state index contributed by atoms with van der Waals surface area (Å²) < 4.78 is 28.4. The number of ether oxygens (including phenoxy) is 1. The minimum Gasteiger partial charge on any atom is -0.379 e. The van der Waals surface area contributed by atoms with Crippen LogP contribution in [0.2, 0.25) is 0 Å². The molecule has 0 saturated carbocycles. The quantitative estimate of drug-likeness (QED) is 0.788. The van der Waals surface area contributed by atoms with Gasteiger partial charge >= 0.3 is 0 Å². The number of nitrogens with two attached hydrogens (primary N) is 1. The molecular formula is C11H23NO3S. The first kappa shape index (κ1) is 13.9. The Morgan fingerprint density at radius 1 is 1.44 bits per heavy atom. The molecule has 0 amide bonds. The van der Waals surface area contributed by atoms with Crippen LogP contribution in [0.4, 0.5) is 0 Å². The summed E-state index contributed by atoms with van der Waals surface area (Å²) in [4.78, 5) is 0. The fourth-order valence-electron chi connectivity index (χ4n) is 2.11. The van der Waals surface area contributed by atoms with Gasteiger partial charge in [0.05, 0.1) is 17.1 Å². The molecule has 1 atom stereocenters. The molecule has 1 fully saturated rings. The maximum atomic E-state index is 11.5. The van der Waals surface area contributed by atoms with Gasteiger partial charge in [-0.05, 0) is 45.1 Å². The Morgan fingerprint density at radius 3 is 2.44 bits per heavy atom. The van der Waals surface area contributed by atoms with Crippen molar-refractivity contribution in [2.45, 2.75) is 38.7 Å². The molecule has 0 aromatic heterocycles. The minimum atomic E-state index is -2.86. The first-order valence-corrected chi connectivity index (χ1v) is 7.52. The molecule has 0 radical (unpaired) electrons. The van der Waals surface area contributed by atoms with E-state index < -0.39 is 9.84 Å². The number of hydrogen-bond acceptors (Lipinski definition) is 4. The van der Waals surface area contributed by atoms with E-state index in [0.717, 1.165) is 12.8 Å². The third-order valence-electron chi connectivity index (χ3n) is 3.71. The lowest BCUT2D eigenvalue weighted by Crippen LogP contribution is -2.35. The molecule has 4 nitrogen and oxygen atoms in total. The SMILES string of the molecule is COC(C)(C)CCC1(CN)CCS(=O)(=O)C1. The van der Waals surface area contributed by atoms with Crippen LogP contribution < -0.4 is 5.73 Å². The fourth-order valence-corrected chi connectivity index (χ4v) is 4.34. The smallest absolute Gasteiger partial charge is 0.150 e. The molecule has 0 aliphatic carbocycles. The van der Waals surface area contributed by atoms with E-state index in [-0.39, 0.29) is 22.5 Å². The largest absolute Gasteiger partial charge is 0.379 e. The Hall–Kier alpha value is -0.130. The molecular weight excluding hydrogens is 226 g/mol. The van der Waals surface area contributed by atoms with Crippen molar-refractivity contribution in [1.29, 1.82) is 0 Å². The fraction of sp³-hybridized carbons (Fsp3) is 1.00. The van der Waals surface area contributed by atoms with E-state index in [1.165, 1.54) is 0 Å². The topological polar surface area (TPSA) is 69.4 Å². The molecule has 96 valence electrons. The van der Waals surface area contributed by atoms with E-state index >= 15 is 0 Å². The first-order valence-electron chi connectivity index (χ1n) is 5.70. The highest BCUT2D eigenvalue weighted by molar-refractivity contribution is 7.91. The summed E-state index contributed by atoms with van der Waals surface area (Å²) in [6.07, 6.45) is 2.37. The van der Waals surface area contributed by atoms with Crippen molar-refractivity contribution >= 4 is 9.84 Å². The molecule has 0 aromatic carbocycles. The highest BCUT2D eigenvalue weighted by Gasteiger charge is 2.41. The van der Waals surface area contributed by atoms with Gasteiger partial charge in [0.25, 0.3) is 0 Å². The maximum Gasteiger partial charge on any atom is 0.150 e. The van der Waals surface area contributed by atoms with Crippen LogP contribution in [0.25, 0.3) is 0 Å². The van der Waals surface area contributed by atoms with Gasteiger partial charge in [-0.3, -0.25) is 0 Å². The summed E-state index contributed by atoms with van der Waals surface area (Å²) in [6, 6.07) is 0. The van der Waals surface area contributed by atoms with Gasteiger partial charge in [0.2, 0.25) is 0 Å². The molecule has 0 aromatic rings. The number of sulfone groups is 1. The molecule has 0 spiro atoms. The molecule has 1 aliphatic heterocycles. The van der Waals surface area contributed by atoms with Crippen LogP contribution >= 0.6 is 0 Å². The third kappa shape index (κ3) is 3.43. The lowest BCUT2D eigenvalue weighted by molar-refractivity contribution is 0.00571. The second-order valence-corrected chi connectivity index (χ2v) is 7.69. The van der Waals surface area contributed by atoms with Crippen molar-refractivity contribution in [2.24, 2.45) is 11.1 Å². The van der Waals surface area contributed by atoms with Crippen LogP contribution in [-0.4, -0.2) is 39.2 Å². The molecule has 1 unspecified atom stereocenters. The van der Waals surface area contributed by atoms with Crippen LogP contribution in [-0.2, 0) is 14.6 Å². The molecule has 0 bridgehead atoms. The molecule has 5 heteroatoms. The second kappa shape index (κ2) is 4.63. The lowest BCUT2D eigenvalue weighted by Gasteiger charge is -2.31. The summed E-state index contributed by atoms with van der Waals surface area (Å²) in [5.74, 6) is 0.536. The van der Waals surface area contributed by atoms with Gasteiger partial charge in [-0.2, -0.15) is 0 Å². The lowest BCUT2D eigenvalue weighted by atomic mass is 9.80. The Morgan fingerprint density at radius 2 is 2.06 bits per heavy atom. The van der Waals surface area contributed by atoms with Crippen molar-refractivity contribution < 1.29 is 13.2 Å². The van der Waals surface area contributed by atoms with Crippen LogP contribution in [0.3, 0.4) is 0 Å². The first-order chi connectivity index (χ1) is 7.24. The van der Waals surface area contributed by atoms with Gasteiger partial charge in [0.1, 0.15) is 0 Å². The minimum absolute atomic E-state index is 0.200. The van der Waals surface area contributed by atoms with Crippen LogP contribution in [0.5, 0.6) is 0 Å². The zero-order valence-corrected chi connectivity index (χ0v) is 11.3. The highest BCUT2D eigenvalue weighted by atomic mass is 32.2. The van der Waals surface area contributed by atoms with E-state index in [2.05, 4.69) is 0 Å². The highest BCUT2D eigenvalue weighted by Crippen LogP contribution is 2.37. The Labute approximate surface area is 98.5 Å². The van der Waals surface area contributed by atoms with E-state index in [1.54, 1.807) is 7.11 Å². The van der Waals surface area contributed by atoms with E-state index in [9.17, 15) is 8.42 Å². The van der Waals surface area contributed by atoms with Crippen molar-refractivity contribution in [1.82, 2.24) is 0 Å². The Balaban J connectivity index is 2.64. The molecule has 2 N–H and O–H groups in total. The van der Waals surface area contributed by atoms with Crippen LogP contribution in [0.1, 0.15) is 33.1 Å². The summed E-state index contributed by atoms with van der Waals surface area (Å²) in [5.41, 5.74) is 5.34. The Bertz CT molecular complexity index is 337. The predicted molar refractivity (Wildman–Crippen MR) is 65.1 cm³/mol. The standard InChI is InChI=1S/C11H23NO3S/c1-10(2,15-3)4-5-11(8-12)6-7-16(13,14)9-11/h4-9,12H2,1-3H3.